The highest BCUT2D eigenvalue weighted by Gasteiger charge is 1.95. The van der Waals surface area contributed by atoms with E-state index in [1.165, 1.54) is 12.5 Å². The van der Waals surface area contributed by atoms with E-state index in [0.29, 0.717) is 11.6 Å². The van der Waals surface area contributed by atoms with Crippen molar-refractivity contribution in [3.63, 3.8) is 0 Å². The molecule has 1 heterocycles. The fourth-order valence-corrected chi connectivity index (χ4v) is 0.638. The molecule has 0 fully saturated rings. The molecular weight excluding hydrogens is 172 g/mol. The maximum Gasteiger partial charge on any atom is 0.248 e. The summed E-state index contributed by atoms with van der Waals surface area (Å²) in [6.45, 7) is 0.0726. The fourth-order valence-electron chi connectivity index (χ4n) is 0.638. The van der Waals surface area contributed by atoms with Gasteiger partial charge in [-0.3, -0.25) is 4.79 Å². The Balaban J connectivity index is 2.45. The lowest BCUT2D eigenvalue weighted by atomic mass is 10.5. The Labute approximate surface area is 74.4 Å². The van der Waals surface area contributed by atoms with E-state index in [-0.39, 0.29) is 6.61 Å². The van der Waals surface area contributed by atoms with E-state index in [2.05, 4.69) is 20.0 Å². The highest BCUT2D eigenvalue weighted by Crippen LogP contribution is 1.97. The van der Waals surface area contributed by atoms with Gasteiger partial charge in [-0.05, 0) is 6.07 Å². The average Bonchev–Trinajstić information content (AvgIpc) is 2.13. The molecule has 67 valence electrons. The summed E-state index contributed by atoms with van der Waals surface area (Å²) in [6.07, 6.45) is 3.81. The monoisotopic (exact) mass is 179 g/mol. The first-order chi connectivity index (χ1) is 6.33. The summed E-state index contributed by atoms with van der Waals surface area (Å²) in [5.41, 5.74) is 5.38. The molecule has 0 saturated heterocycles. The Kier molecular flexibility index (Phi) is 3.37. The van der Waals surface area contributed by atoms with E-state index in [0.717, 1.165) is 6.21 Å². The van der Waals surface area contributed by atoms with Gasteiger partial charge >= 0.3 is 0 Å². The van der Waals surface area contributed by atoms with Crippen molar-refractivity contribution < 1.29 is 9.63 Å². The first-order valence-corrected chi connectivity index (χ1v) is 3.42. The zero-order chi connectivity index (χ0) is 9.52. The number of hydrogen-bond acceptors (Lipinski definition) is 6. The third-order valence-electron chi connectivity index (χ3n) is 1.10. The van der Waals surface area contributed by atoms with Crippen molar-refractivity contribution in [2.24, 2.45) is 5.16 Å². The Morgan fingerprint density at radius 1 is 1.77 bits per heavy atom. The van der Waals surface area contributed by atoms with Crippen LogP contribution in [0, 0.1) is 0 Å². The average molecular weight is 179 g/mol. The van der Waals surface area contributed by atoms with Gasteiger partial charge in [0, 0.05) is 6.20 Å². The van der Waals surface area contributed by atoms with Crippen LogP contribution in [0.3, 0.4) is 0 Å². The zero-order valence-electron chi connectivity index (χ0n) is 6.67. The van der Waals surface area contributed by atoms with Gasteiger partial charge in [-0.15, -0.1) is 0 Å². The molecule has 0 amide bonds. The number of aromatic nitrogens is 2. The maximum atomic E-state index is 9.66. The molecule has 13 heavy (non-hydrogen) atoms. The van der Waals surface area contributed by atoms with Gasteiger partial charge in [0.05, 0.1) is 0 Å². The second kappa shape index (κ2) is 4.81. The van der Waals surface area contributed by atoms with Crippen LogP contribution in [0.1, 0.15) is 5.82 Å². The van der Waals surface area contributed by atoms with E-state index < -0.39 is 0 Å². The normalized spacial score (nSPS) is 10.2. The molecule has 0 aliphatic carbocycles. The van der Waals surface area contributed by atoms with Gasteiger partial charge in [0.1, 0.15) is 12.0 Å². The van der Waals surface area contributed by atoms with Crippen molar-refractivity contribution in [2.75, 3.05) is 5.73 Å². The third-order valence-corrected chi connectivity index (χ3v) is 1.10. The minimum Gasteiger partial charge on any atom is -0.387 e. The SMILES string of the molecule is Nc1ccnc(CON=C[C]=O)n1. The zero-order valence-corrected chi connectivity index (χ0v) is 6.67. The van der Waals surface area contributed by atoms with Gasteiger partial charge in [-0.1, -0.05) is 5.16 Å². The second-order valence-corrected chi connectivity index (χ2v) is 2.02. The van der Waals surface area contributed by atoms with Crippen molar-refractivity contribution in [1.29, 1.82) is 0 Å². The molecule has 0 aliphatic rings. The first-order valence-electron chi connectivity index (χ1n) is 3.42. The summed E-state index contributed by atoms with van der Waals surface area (Å²) in [5, 5.41) is 3.25. The predicted molar refractivity (Wildman–Crippen MR) is 45.4 cm³/mol. The lowest BCUT2D eigenvalue weighted by molar-refractivity contribution is 0.126. The first kappa shape index (κ1) is 9.11. The molecule has 0 saturated carbocycles. The Hall–Kier alpha value is -1.98. The summed E-state index contributed by atoms with van der Waals surface area (Å²) >= 11 is 0. The van der Waals surface area contributed by atoms with Gasteiger partial charge in [0.15, 0.2) is 12.4 Å². The third kappa shape index (κ3) is 3.28. The molecule has 1 rings (SSSR count). The van der Waals surface area contributed by atoms with Gasteiger partial charge in [0.2, 0.25) is 6.29 Å². The lowest BCUT2D eigenvalue weighted by Crippen LogP contribution is -1.99. The van der Waals surface area contributed by atoms with Gasteiger partial charge in [0.25, 0.3) is 0 Å². The van der Waals surface area contributed by atoms with Crippen LogP contribution in [0.4, 0.5) is 5.82 Å². The number of nitrogens with zero attached hydrogens (tertiary/aromatic N) is 3. The maximum absolute atomic E-state index is 9.66. The Morgan fingerprint density at radius 2 is 2.62 bits per heavy atom. The molecule has 1 radical (unpaired) electrons. The molecule has 6 heteroatoms. The van der Waals surface area contributed by atoms with Gasteiger partial charge in [-0.2, -0.15) is 0 Å². The molecule has 1 aromatic heterocycles. The minimum atomic E-state index is 0.0726. The highest BCUT2D eigenvalue weighted by molar-refractivity contribution is 6.13. The molecule has 0 aliphatic heterocycles. The van der Waals surface area contributed by atoms with Crippen molar-refractivity contribution >= 4 is 18.3 Å². The van der Waals surface area contributed by atoms with Crippen LogP contribution in [-0.4, -0.2) is 22.5 Å². The molecule has 0 bridgehead atoms. The van der Waals surface area contributed by atoms with Crippen LogP contribution in [0.25, 0.3) is 0 Å². The van der Waals surface area contributed by atoms with Gasteiger partial charge < -0.3 is 10.6 Å². The minimum absolute atomic E-state index is 0.0726. The number of rotatable bonds is 4. The van der Waals surface area contributed by atoms with Crippen molar-refractivity contribution in [2.45, 2.75) is 6.61 Å². The van der Waals surface area contributed by atoms with Crippen LogP contribution in [0.2, 0.25) is 0 Å². The van der Waals surface area contributed by atoms with Gasteiger partial charge in [-0.25, -0.2) is 9.97 Å². The molecule has 0 unspecified atom stereocenters. The summed E-state index contributed by atoms with van der Waals surface area (Å²) in [6, 6.07) is 1.56. The number of nitrogens with two attached hydrogens (primary N) is 1. The molecular formula is C7H7N4O2. The standard InChI is InChI=1S/C7H7N4O2/c8-6-1-2-9-7(11-6)5-13-10-3-4-12/h1-3H,5H2,(H2,8,9,11). The Bertz CT molecular complexity index is 313. The van der Waals surface area contributed by atoms with Crippen molar-refractivity contribution in [1.82, 2.24) is 9.97 Å². The van der Waals surface area contributed by atoms with Crippen LogP contribution >= 0.6 is 0 Å². The van der Waals surface area contributed by atoms with E-state index in [1.807, 2.05) is 0 Å². The lowest BCUT2D eigenvalue weighted by Gasteiger charge is -1.97. The van der Waals surface area contributed by atoms with Crippen LogP contribution < -0.4 is 5.73 Å². The van der Waals surface area contributed by atoms with E-state index in [9.17, 15) is 4.79 Å². The predicted octanol–water partition coefficient (Wildman–Crippen LogP) is -0.329. The molecule has 2 N–H and O–H groups in total. The molecule has 1 aromatic rings. The molecule has 0 atom stereocenters. The second-order valence-electron chi connectivity index (χ2n) is 2.02. The number of carbonyl (C=O) groups excluding carboxylic acids is 1. The van der Waals surface area contributed by atoms with Crippen LogP contribution in [0.15, 0.2) is 17.4 Å². The molecule has 0 spiro atoms. The molecule has 0 aromatic carbocycles. The summed E-state index contributed by atoms with van der Waals surface area (Å²) in [5.74, 6) is 0.766. The van der Waals surface area contributed by atoms with E-state index in [1.54, 1.807) is 6.07 Å². The number of anilines is 1. The van der Waals surface area contributed by atoms with Crippen molar-refractivity contribution in [3.05, 3.63) is 18.1 Å². The largest absolute Gasteiger partial charge is 0.387 e. The van der Waals surface area contributed by atoms with E-state index >= 15 is 0 Å². The van der Waals surface area contributed by atoms with E-state index in [4.69, 9.17) is 5.73 Å². The summed E-state index contributed by atoms with van der Waals surface area (Å²) < 4.78 is 0. The topological polar surface area (TPSA) is 90.5 Å². The summed E-state index contributed by atoms with van der Waals surface area (Å²) in [7, 11) is 0. The van der Waals surface area contributed by atoms with Crippen LogP contribution in [0.5, 0.6) is 0 Å². The molecule has 6 nitrogen and oxygen atoms in total. The van der Waals surface area contributed by atoms with Crippen molar-refractivity contribution in [3.8, 4) is 0 Å². The Morgan fingerprint density at radius 3 is 3.31 bits per heavy atom. The quantitative estimate of drug-likeness (QED) is 0.504. The summed E-state index contributed by atoms with van der Waals surface area (Å²) in [4.78, 5) is 22.0. The number of oxime groups is 1. The smallest absolute Gasteiger partial charge is 0.248 e. The highest BCUT2D eigenvalue weighted by atomic mass is 16.6. The number of hydrogen-bond donors (Lipinski definition) is 1. The number of nitrogen functional groups attached to an aromatic ring is 1. The fraction of sp³-hybridized carbons (Fsp3) is 0.143. The van der Waals surface area contributed by atoms with Crippen LogP contribution in [-0.2, 0) is 16.2 Å².